The highest BCUT2D eigenvalue weighted by Crippen LogP contribution is 2.34. The Morgan fingerprint density at radius 2 is 2.24 bits per heavy atom. The molecule has 1 aromatic carbocycles. The number of benzene rings is 1. The second kappa shape index (κ2) is 6.87. The van der Waals surface area contributed by atoms with Crippen LogP contribution >= 0.6 is 12.2 Å². The van der Waals surface area contributed by atoms with E-state index >= 15 is 0 Å². The molecule has 1 saturated heterocycles. The number of amides is 2. The van der Waals surface area contributed by atoms with Crippen LogP contribution in [0.5, 0.6) is 0 Å². The van der Waals surface area contributed by atoms with E-state index < -0.39 is 12.2 Å². The zero-order valence-electron chi connectivity index (χ0n) is 14.2. The predicted octanol–water partition coefficient (Wildman–Crippen LogP) is 2.77. The second-order valence-electron chi connectivity index (χ2n) is 6.41. The van der Waals surface area contributed by atoms with Crippen LogP contribution in [0.1, 0.15) is 25.8 Å². The summed E-state index contributed by atoms with van der Waals surface area (Å²) in [7, 11) is 0. The summed E-state index contributed by atoms with van der Waals surface area (Å²) < 4.78 is 5.36. The Labute approximate surface area is 151 Å². The Hall–Kier alpha value is -2.35. The van der Waals surface area contributed by atoms with Crippen molar-refractivity contribution in [3.05, 3.63) is 23.8 Å². The average Bonchev–Trinajstić information content (AvgIpc) is 2.93. The summed E-state index contributed by atoms with van der Waals surface area (Å²) in [6.07, 6.45) is -0.0757. The lowest BCUT2D eigenvalue weighted by Crippen LogP contribution is -2.41. The van der Waals surface area contributed by atoms with Gasteiger partial charge in [-0.15, -0.1) is 0 Å². The monoisotopic (exact) mass is 363 g/mol. The molecule has 0 radical (unpaired) electrons. The highest BCUT2D eigenvalue weighted by atomic mass is 32.1. The number of carbonyl (C=O) groups excluding carboxylic acids is 1. The first-order chi connectivity index (χ1) is 11.9. The molecule has 8 heteroatoms. The summed E-state index contributed by atoms with van der Waals surface area (Å²) in [4.78, 5) is 27.3. The number of thiocarbonyl (C=S) groups is 1. The number of carboxylic acid groups (broad SMARTS) is 1. The molecule has 134 valence electrons. The van der Waals surface area contributed by atoms with Gasteiger partial charge in [0, 0.05) is 11.7 Å². The quantitative estimate of drug-likeness (QED) is 0.804. The number of anilines is 2. The van der Waals surface area contributed by atoms with Crippen LogP contribution in [0.2, 0.25) is 0 Å². The van der Waals surface area contributed by atoms with Gasteiger partial charge in [-0.1, -0.05) is 12.2 Å². The van der Waals surface area contributed by atoms with E-state index in [9.17, 15) is 14.7 Å². The van der Waals surface area contributed by atoms with Gasteiger partial charge in [0.15, 0.2) is 0 Å². The van der Waals surface area contributed by atoms with Gasteiger partial charge in [0.25, 0.3) is 0 Å². The molecular formula is C17H21N3O4S. The Morgan fingerprint density at radius 1 is 1.48 bits per heavy atom. The van der Waals surface area contributed by atoms with Crippen LogP contribution in [0.3, 0.4) is 0 Å². The van der Waals surface area contributed by atoms with Gasteiger partial charge < -0.3 is 15.2 Å². The summed E-state index contributed by atoms with van der Waals surface area (Å²) in [6, 6.07) is 5.38. The predicted molar refractivity (Wildman–Crippen MR) is 98.6 cm³/mol. The van der Waals surface area contributed by atoms with Crippen LogP contribution in [0, 0.1) is 0 Å². The third kappa shape index (κ3) is 3.53. The first kappa shape index (κ1) is 17.5. The number of ether oxygens (including phenoxy) is 1. The molecule has 3 rings (SSSR count). The fourth-order valence-electron chi connectivity index (χ4n) is 3.29. The van der Waals surface area contributed by atoms with Crippen molar-refractivity contribution in [1.29, 1.82) is 0 Å². The number of nitrogens with one attached hydrogen (secondary N) is 1. The molecule has 7 nitrogen and oxygen atoms in total. The third-order valence-electron chi connectivity index (χ3n) is 4.57. The number of hydrogen-bond acceptors (Lipinski definition) is 4. The van der Waals surface area contributed by atoms with E-state index in [0.717, 1.165) is 24.1 Å². The molecule has 1 fully saturated rings. The summed E-state index contributed by atoms with van der Waals surface area (Å²) in [5.74, 6) is 0. The topological polar surface area (TPSA) is 82.1 Å². The molecular weight excluding hydrogens is 342 g/mol. The normalized spacial score (nSPS) is 22.4. The van der Waals surface area contributed by atoms with Crippen LogP contribution in [0.25, 0.3) is 0 Å². The van der Waals surface area contributed by atoms with E-state index in [1.54, 1.807) is 24.0 Å². The van der Waals surface area contributed by atoms with Gasteiger partial charge in [0.1, 0.15) is 6.10 Å². The smallest absolute Gasteiger partial charge is 0.414 e. The van der Waals surface area contributed by atoms with E-state index in [0.29, 0.717) is 23.8 Å². The average molecular weight is 363 g/mol. The fourth-order valence-corrected chi connectivity index (χ4v) is 3.38. The summed E-state index contributed by atoms with van der Waals surface area (Å²) in [5.41, 5.74) is 2.35. The lowest BCUT2D eigenvalue weighted by molar-refractivity contribution is 0.143. The molecule has 0 unspecified atom stereocenters. The number of carbonyl (C=O) groups is 2. The fraction of sp³-hybridized carbons (Fsp3) is 0.471. The second-order valence-corrected chi connectivity index (χ2v) is 7.02. The van der Waals surface area contributed by atoms with Gasteiger partial charge >= 0.3 is 12.2 Å². The molecule has 25 heavy (non-hydrogen) atoms. The van der Waals surface area contributed by atoms with Crippen molar-refractivity contribution in [2.45, 2.75) is 38.8 Å². The minimum Gasteiger partial charge on any atom is -0.465 e. The van der Waals surface area contributed by atoms with Crippen LogP contribution in [-0.2, 0) is 11.2 Å². The number of fused-ring (bicyclic) bond motifs is 1. The van der Waals surface area contributed by atoms with Gasteiger partial charge in [0.05, 0.1) is 23.8 Å². The van der Waals surface area contributed by atoms with E-state index in [1.807, 2.05) is 13.0 Å². The molecule has 2 amide bonds. The van der Waals surface area contributed by atoms with Crippen molar-refractivity contribution in [2.75, 3.05) is 22.9 Å². The number of rotatable bonds is 3. The Morgan fingerprint density at radius 3 is 2.92 bits per heavy atom. The molecule has 0 saturated carbocycles. The SMILES string of the molecule is CC(=S)NC[C@@H]1CN(c2ccc3c(c2)CC[C@@H](C)N3C(=O)O)C(=O)O1. The van der Waals surface area contributed by atoms with E-state index in [1.165, 1.54) is 4.90 Å². The van der Waals surface area contributed by atoms with E-state index in [2.05, 4.69) is 5.32 Å². The number of aryl methyl sites for hydroxylation is 1. The largest absolute Gasteiger partial charge is 0.465 e. The lowest BCUT2D eigenvalue weighted by Gasteiger charge is -2.33. The number of nitrogens with zero attached hydrogens (tertiary/aromatic N) is 2. The zero-order valence-corrected chi connectivity index (χ0v) is 15.0. The van der Waals surface area contributed by atoms with Gasteiger partial charge in [-0.3, -0.25) is 9.80 Å². The van der Waals surface area contributed by atoms with E-state index in [-0.39, 0.29) is 12.1 Å². The molecule has 0 bridgehead atoms. The summed E-state index contributed by atoms with van der Waals surface area (Å²) >= 11 is 4.97. The molecule has 0 aromatic heterocycles. The molecule has 2 heterocycles. The van der Waals surface area contributed by atoms with Crippen LogP contribution < -0.4 is 15.1 Å². The highest BCUT2D eigenvalue weighted by Gasteiger charge is 2.34. The van der Waals surface area contributed by atoms with Gasteiger partial charge in [-0.2, -0.15) is 0 Å². The summed E-state index contributed by atoms with van der Waals surface area (Å²) in [5, 5.41) is 12.4. The van der Waals surface area contributed by atoms with Crippen molar-refractivity contribution < 1.29 is 19.4 Å². The molecule has 2 aliphatic rings. The molecule has 2 N–H and O–H groups in total. The number of hydrogen-bond donors (Lipinski definition) is 2. The first-order valence-corrected chi connectivity index (χ1v) is 8.65. The van der Waals surface area contributed by atoms with Crippen LogP contribution in [0.4, 0.5) is 21.0 Å². The lowest BCUT2D eigenvalue weighted by atomic mass is 9.96. The Kier molecular flexibility index (Phi) is 4.80. The van der Waals surface area contributed by atoms with Crippen LogP contribution in [-0.4, -0.2) is 47.5 Å². The van der Waals surface area contributed by atoms with Crippen molar-refractivity contribution in [3.8, 4) is 0 Å². The third-order valence-corrected chi connectivity index (χ3v) is 4.71. The van der Waals surface area contributed by atoms with Crippen molar-refractivity contribution in [3.63, 3.8) is 0 Å². The van der Waals surface area contributed by atoms with E-state index in [4.69, 9.17) is 17.0 Å². The Bertz CT molecular complexity index is 724. The first-order valence-electron chi connectivity index (χ1n) is 8.24. The van der Waals surface area contributed by atoms with Crippen molar-refractivity contribution >= 4 is 40.8 Å². The van der Waals surface area contributed by atoms with Gasteiger partial charge in [-0.25, -0.2) is 9.59 Å². The molecule has 2 atom stereocenters. The Balaban J connectivity index is 1.79. The minimum absolute atomic E-state index is 0.0547. The minimum atomic E-state index is -0.955. The molecule has 2 aliphatic heterocycles. The number of cyclic esters (lactones) is 1. The molecule has 0 spiro atoms. The van der Waals surface area contributed by atoms with Crippen molar-refractivity contribution in [1.82, 2.24) is 5.32 Å². The van der Waals surface area contributed by atoms with Gasteiger partial charge in [0.2, 0.25) is 0 Å². The maximum absolute atomic E-state index is 12.2. The van der Waals surface area contributed by atoms with Crippen molar-refractivity contribution in [2.24, 2.45) is 0 Å². The van der Waals surface area contributed by atoms with Gasteiger partial charge in [-0.05, 0) is 50.5 Å². The standard InChI is InChI=1S/C17H21N3O4S/c1-10-3-4-12-7-13(5-6-15(12)20(10)16(21)22)19-9-14(24-17(19)23)8-18-11(2)25/h5-7,10,14H,3-4,8-9H2,1-2H3,(H,18,25)(H,21,22)/t10-,14-/m1/s1. The summed E-state index contributed by atoms with van der Waals surface area (Å²) in [6.45, 7) is 4.60. The molecule has 0 aliphatic carbocycles. The maximum atomic E-state index is 12.2. The zero-order chi connectivity index (χ0) is 18.1. The highest BCUT2D eigenvalue weighted by molar-refractivity contribution is 7.80. The van der Waals surface area contributed by atoms with Crippen LogP contribution in [0.15, 0.2) is 18.2 Å². The maximum Gasteiger partial charge on any atom is 0.414 e. The molecule has 1 aromatic rings.